The molecule has 0 radical (unpaired) electrons. The number of hydrogen-bond acceptors (Lipinski definition) is 6. The summed E-state index contributed by atoms with van der Waals surface area (Å²) >= 11 is 0. The highest BCUT2D eigenvalue weighted by molar-refractivity contribution is 5.68. The Kier molecular flexibility index (Phi) is 4.04. The van der Waals surface area contributed by atoms with Gasteiger partial charge >= 0.3 is 5.97 Å². The Balaban J connectivity index is 2.24. The number of aromatic nitrogens is 3. The summed E-state index contributed by atoms with van der Waals surface area (Å²) in [5, 5.41) is 12.6. The van der Waals surface area contributed by atoms with E-state index in [-0.39, 0.29) is 19.1 Å². The van der Waals surface area contributed by atoms with Gasteiger partial charge in [-0.15, -0.1) is 5.10 Å². The van der Waals surface area contributed by atoms with E-state index in [0.29, 0.717) is 6.42 Å². The van der Waals surface area contributed by atoms with Crippen molar-refractivity contribution in [2.75, 3.05) is 12.3 Å². The molecule has 7 heteroatoms. The number of ether oxygens (including phenoxy) is 1. The van der Waals surface area contributed by atoms with Gasteiger partial charge in [-0.2, -0.15) is 0 Å². The molecule has 0 aliphatic heterocycles. The molecule has 1 rings (SSSR count). The zero-order valence-electron chi connectivity index (χ0n) is 8.46. The molecule has 0 aromatic carbocycles. The fourth-order valence-corrected chi connectivity index (χ4v) is 0.906. The van der Waals surface area contributed by atoms with Crippen molar-refractivity contribution in [3.05, 3.63) is 6.33 Å². The van der Waals surface area contributed by atoms with E-state index in [4.69, 9.17) is 15.6 Å². The van der Waals surface area contributed by atoms with E-state index in [0.717, 1.165) is 0 Å². The summed E-state index contributed by atoms with van der Waals surface area (Å²) in [5.41, 5.74) is 5.27. The van der Waals surface area contributed by atoms with Gasteiger partial charge in [-0.05, 0) is 6.92 Å². The molecular weight excluding hydrogens is 200 g/mol. The first kappa shape index (κ1) is 11.4. The number of aliphatic hydroxyl groups excluding tert-OH is 1. The number of carbonyl (C=O) groups excluding carboxylic acids is 1. The van der Waals surface area contributed by atoms with E-state index < -0.39 is 12.1 Å². The minimum atomic E-state index is -0.472. The molecule has 1 atom stereocenters. The first-order valence-electron chi connectivity index (χ1n) is 4.56. The molecule has 0 fully saturated rings. The number of nitrogens with zero attached hydrogens (tertiary/aromatic N) is 3. The second-order valence-corrected chi connectivity index (χ2v) is 3.16. The fourth-order valence-electron chi connectivity index (χ4n) is 0.906. The van der Waals surface area contributed by atoms with Gasteiger partial charge in [0.2, 0.25) is 5.95 Å². The van der Waals surface area contributed by atoms with Gasteiger partial charge in [0.05, 0.1) is 12.7 Å². The van der Waals surface area contributed by atoms with Crippen molar-refractivity contribution in [2.24, 2.45) is 0 Å². The van der Waals surface area contributed by atoms with Crippen molar-refractivity contribution in [2.45, 2.75) is 26.0 Å². The molecule has 1 heterocycles. The quantitative estimate of drug-likeness (QED) is 0.620. The van der Waals surface area contributed by atoms with Crippen LogP contribution in [0.15, 0.2) is 6.33 Å². The van der Waals surface area contributed by atoms with Crippen LogP contribution in [0.5, 0.6) is 0 Å². The van der Waals surface area contributed by atoms with E-state index in [2.05, 4.69) is 10.1 Å². The number of esters is 1. The third-order valence-electron chi connectivity index (χ3n) is 1.64. The second kappa shape index (κ2) is 5.30. The summed E-state index contributed by atoms with van der Waals surface area (Å²) in [4.78, 5) is 14.8. The Morgan fingerprint density at radius 1 is 1.80 bits per heavy atom. The number of hydrogen-bond donors (Lipinski definition) is 2. The normalized spacial score (nSPS) is 12.4. The summed E-state index contributed by atoms with van der Waals surface area (Å²) in [6, 6.07) is 0. The minimum Gasteiger partial charge on any atom is -0.464 e. The molecule has 3 N–H and O–H groups in total. The van der Waals surface area contributed by atoms with Crippen molar-refractivity contribution in [1.29, 1.82) is 0 Å². The molecule has 0 aliphatic rings. The number of aliphatic hydroxyl groups is 1. The van der Waals surface area contributed by atoms with Crippen molar-refractivity contribution in [1.82, 2.24) is 14.8 Å². The number of anilines is 1. The lowest BCUT2D eigenvalue weighted by molar-refractivity contribution is -0.145. The SMILES string of the molecule is CC(O)CCOC(=O)Cn1cnc(N)n1. The van der Waals surface area contributed by atoms with Crippen LogP contribution in [0.1, 0.15) is 13.3 Å². The first-order valence-corrected chi connectivity index (χ1v) is 4.56. The van der Waals surface area contributed by atoms with Gasteiger partial charge in [0.15, 0.2) is 0 Å². The van der Waals surface area contributed by atoms with Crippen LogP contribution in [-0.4, -0.2) is 38.6 Å². The van der Waals surface area contributed by atoms with Crippen LogP contribution >= 0.6 is 0 Å². The molecule has 1 aromatic rings. The lowest BCUT2D eigenvalue weighted by atomic mass is 10.3. The highest BCUT2D eigenvalue weighted by atomic mass is 16.5. The van der Waals surface area contributed by atoms with Crippen LogP contribution in [0.3, 0.4) is 0 Å². The zero-order valence-corrected chi connectivity index (χ0v) is 8.46. The summed E-state index contributed by atoms with van der Waals surface area (Å²) in [6.07, 6.45) is 1.30. The molecule has 0 bridgehead atoms. The van der Waals surface area contributed by atoms with Crippen LogP contribution in [0, 0.1) is 0 Å². The lowest BCUT2D eigenvalue weighted by Crippen LogP contribution is -2.16. The number of carbonyl (C=O) groups is 1. The second-order valence-electron chi connectivity index (χ2n) is 3.16. The largest absolute Gasteiger partial charge is 0.464 e. The average molecular weight is 214 g/mol. The van der Waals surface area contributed by atoms with Gasteiger partial charge in [-0.25, -0.2) is 9.67 Å². The average Bonchev–Trinajstić information content (AvgIpc) is 2.50. The molecule has 0 saturated carbocycles. The molecule has 1 unspecified atom stereocenters. The number of nitrogen functional groups attached to an aromatic ring is 1. The van der Waals surface area contributed by atoms with Gasteiger partial charge in [0.25, 0.3) is 0 Å². The molecule has 0 amide bonds. The highest BCUT2D eigenvalue weighted by Gasteiger charge is 2.06. The van der Waals surface area contributed by atoms with Crippen LogP contribution < -0.4 is 5.73 Å². The maximum Gasteiger partial charge on any atom is 0.327 e. The van der Waals surface area contributed by atoms with E-state index >= 15 is 0 Å². The topological polar surface area (TPSA) is 103 Å². The van der Waals surface area contributed by atoms with E-state index in [1.807, 2.05) is 0 Å². The van der Waals surface area contributed by atoms with Crippen molar-refractivity contribution < 1.29 is 14.6 Å². The summed E-state index contributed by atoms with van der Waals surface area (Å²) < 4.78 is 6.13. The molecule has 0 aliphatic carbocycles. The van der Waals surface area contributed by atoms with E-state index in [1.165, 1.54) is 11.0 Å². The molecule has 1 aromatic heterocycles. The van der Waals surface area contributed by atoms with E-state index in [1.54, 1.807) is 6.92 Å². The Labute approximate surface area is 86.9 Å². The molecular formula is C8H14N4O3. The Morgan fingerprint density at radius 3 is 3.07 bits per heavy atom. The predicted molar refractivity (Wildman–Crippen MR) is 51.7 cm³/mol. The Hall–Kier alpha value is -1.63. The molecule has 15 heavy (non-hydrogen) atoms. The smallest absolute Gasteiger partial charge is 0.327 e. The maximum absolute atomic E-state index is 11.2. The monoisotopic (exact) mass is 214 g/mol. The molecule has 0 saturated heterocycles. The summed E-state index contributed by atoms with van der Waals surface area (Å²) in [5.74, 6) is -0.313. The lowest BCUT2D eigenvalue weighted by Gasteiger charge is -2.05. The predicted octanol–water partition coefficient (Wildman–Crippen LogP) is -0.826. The minimum absolute atomic E-state index is 0.0238. The number of nitrogens with two attached hydrogens (primary N) is 1. The van der Waals surface area contributed by atoms with Crippen LogP contribution in [0.25, 0.3) is 0 Å². The molecule has 84 valence electrons. The van der Waals surface area contributed by atoms with Gasteiger partial charge in [0, 0.05) is 6.42 Å². The van der Waals surface area contributed by atoms with E-state index in [9.17, 15) is 4.79 Å². The van der Waals surface area contributed by atoms with Crippen LogP contribution in [0.4, 0.5) is 5.95 Å². The molecule has 7 nitrogen and oxygen atoms in total. The highest BCUT2D eigenvalue weighted by Crippen LogP contribution is 1.94. The maximum atomic E-state index is 11.2. The van der Waals surface area contributed by atoms with Gasteiger partial charge in [0.1, 0.15) is 12.9 Å². The Morgan fingerprint density at radius 2 is 2.53 bits per heavy atom. The van der Waals surface area contributed by atoms with Crippen molar-refractivity contribution in [3.8, 4) is 0 Å². The standard InChI is InChI=1S/C8H14N4O3/c1-6(13)2-3-15-7(14)4-12-5-10-8(9)11-12/h5-6,13H,2-4H2,1H3,(H2,9,11). The third-order valence-corrected chi connectivity index (χ3v) is 1.64. The van der Waals surface area contributed by atoms with Crippen LogP contribution in [0.2, 0.25) is 0 Å². The summed E-state index contributed by atoms with van der Waals surface area (Å²) in [7, 11) is 0. The molecule has 0 spiro atoms. The Bertz CT molecular complexity index is 323. The van der Waals surface area contributed by atoms with Gasteiger partial charge in [-0.3, -0.25) is 4.79 Å². The number of rotatable bonds is 5. The zero-order chi connectivity index (χ0) is 11.3. The van der Waals surface area contributed by atoms with Crippen LogP contribution in [-0.2, 0) is 16.1 Å². The third kappa shape index (κ3) is 4.41. The summed E-state index contributed by atoms with van der Waals surface area (Å²) in [6.45, 7) is 1.80. The van der Waals surface area contributed by atoms with Gasteiger partial charge in [-0.1, -0.05) is 0 Å². The fraction of sp³-hybridized carbons (Fsp3) is 0.625. The van der Waals surface area contributed by atoms with Crippen molar-refractivity contribution in [3.63, 3.8) is 0 Å². The van der Waals surface area contributed by atoms with Crippen molar-refractivity contribution >= 4 is 11.9 Å². The first-order chi connectivity index (χ1) is 7.08. The van der Waals surface area contributed by atoms with Gasteiger partial charge < -0.3 is 15.6 Å².